The minimum Gasteiger partial charge on any atom is -0.507 e. The van der Waals surface area contributed by atoms with Crippen molar-refractivity contribution in [3.63, 3.8) is 0 Å². The highest BCUT2D eigenvalue weighted by molar-refractivity contribution is 6.33. The highest BCUT2D eigenvalue weighted by atomic mass is 35.5. The molecule has 0 spiro atoms. The zero-order chi connectivity index (χ0) is 14.2. The molecule has 5 nitrogen and oxygen atoms in total. The monoisotopic (exact) mass is 282 g/mol. The summed E-state index contributed by atoms with van der Waals surface area (Å²) in [6, 6.07) is 4.46. The van der Waals surface area contributed by atoms with E-state index < -0.39 is 17.7 Å². The minimum atomic E-state index is -1.30. The van der Waals surface area contributed by atoms with Crippen molar-refractivity contribution in [2.24, 2.45) is 0 Å². The third kappa shape index (κ3) is 2.71. The van der Waals surface area contributed by atoms with Crippen molar-refractivity contribution >= 4 is 29.6 Å². The zero-order valence-electron chi connectivity index (χ0n) is 10.3. The van der Waals surface area contributed by atoms with E-state index in [2.05, 4.69) is 0 Å². The lowest BCUT2D eigenvalue weighted by atomic mass is 10.1. The van der Waals surface area contributed by atoms with Gasteiger partial charge in [0.15, 0.2) is 0 Å². The van der Waals surface area contributed by atoms with Crippen LogP contribution in [0.4, 0.5) is 0 Å². The van der Waals surface area contributed by atoms with Crippen molar-refractivity contribution in [1.82, 2.24) is 0 Å². The lowest BCUT2D eigenvalue weighted by Gasteiger charge is -2.29. The molecule has 0 saturated carbocycles. The molecule has 1 aliphatic heterocycles. The molecule has 100 valence electrons. The second-order valence-corrected chi connectivity index (χ2v) is 4.82. The van der Waals surface area contributed by atoms with Crippen molar-refractivity contribution in [2.75, 3.05) is 0 Å². The molecule has 19 heavy (non-hydrogen) atoms. The number of esters is 2. The van der Waals surface area contributed by atoms with Crippen molar-refractivity contribution in [3.05, 3.63) is 34.4 Å². The number of carbonyl (C=O) groups excluding carboxylic acids is 2. The average Bonchev–Trinajstić information content (AvgIpc) is 2.25. The fourth-order valence-corrected chi connectivity index (χ4v) is 1.82. The Morgan fingerprint density at radius 1 is 1.21 bits per heavy atom. The fraction of sp³-hybridized carbons (Fsp3) is 0.231. The lowest BCUT2D eigenvalue weighted by Crippen LogP contribution is -2.41. The Kier molecular flexibility index (Phi) is 3.24. The summed E-state index contributed by atoms with van der Waals surface area (Å²) in [5.74, 6) is -3.08. The molecule has 2 rings (SSSR count). The Morgan fingerprint density at radius 3 is 2.32 bits per heavy atom. The van der Waals surface area contributed by atoms with Gasteiger partial charge in [-0.25, -0.2) is 9.59 Å². The summed E-state index contributed by atoms with van der Waals surface area (Å²) in [7, 11) is 0. The molecular formula is C13H11ClO5. The van der Waals surface area contributed by atoms with Gasteiger partial charge in [0.1, 0.15) is 11.3 Å². The van der Waals surface area contributed by atoms with E-state index in [0.29, 0.717) is 0 Å². The van der Waals surface area contributed by atoms with Gasteiger partial charge in [0.2, 0.25) is 0 Å². The van der Waals surface area contributed by atoms with E-state index in [-0.39, 0.29) is 21.9 Å². The maximum atomic E-state index is 11.7. The third-order valence-electron chi connectivity index (χ3n) is 2.44. The van der Waals surface area contributed by atoms with Gasteiger partial charge in [-0.1, -0.05) is 17.7 Å². The number of carbonyl (C=O) groups is 2. The summed E-state index contributed by atoms with van der Waals surface area (Å²) in [5.41, 5.74) is -0.157. The Labute approximate surface area is 114 Å². The number of benzene rings is 1. The van der Waals surface area contributed by atoms with E-state index in [1.165, 1.54) is 26.0 Å². The van der Waals surface area contributed by atoms with Gasteiger partial charge in [-0.2, -0.15) is 0 Å². The number of hydrogen-bond donors (Lipinski definition) is 1. The van der Waals surface area contributed by atoms with Gasteiger partial charge >= 0.3 is 11.9 Å². The van der Waals surface area contributed by atoms with Gasteiger partial charge in [-0.15, -0.1) is 0 Å². The number of ether oxygens (including phenoxy) is 2. The van der Waals surface area contributed by atoms with Crippen LogP contribution in [0.2, 0.25) is 5.02 Å². The number of phenolic OH excluding ortho intramolecular Hbond substituents is 1. The van der Waals surface area contributed by atoms with Crippen LogP contribution in [0, 0.1) is 0 Å². The number of rotatable bonds is 1. The molecule has 1 heterocycles. The first-order valence-corrected chi connectivity index (χ1v) is 5.84. The van der Waals surface area contributed by atoms with Crippen LogP contribution < -0.4 is 0 Å². The highest BCUT2D eigenvalue weighted by Gasteiger charge is 2.39. The second-order valence-electron chi connectivity index (χ2n) is 4.41. The van der Waals surface area contributed by atoms with E-state index in [4.69, 9.17) is 21.1 Å². The molecular weight excluding hydrogens is 272 g/mol. The van der Waals surface area contributed by atoms with Crippen molar-refractivity contribution < 1.29 is 24.2 Å². The molecule has 0 radical (unpaired) electrons. The van der Waals surface area contributed by atoms with Crippen LogP contribution in [0.1, 0.15) is 19.4 Å². The standard InChI is InChI=1S/C13H11ClO5/c1-13(2)18-11(16)8(12(17)19-13)6-7-9(14)4-3-5-10(7)15/h3-6,15H,1-2H3. The number of hydrogen-bond acceptors (Lipinski definition) is 5. The van der Waals surface area contributed by atoms with Crippen LogP contribution in [-0.4, -0.2) is 22.8 Å². The minimum absolute atomic E-state index is 0.148. The lowest BCUT2D eigenvalue weighted by molar-refractivity contribution is -0.222. The van der Waals surface area contributed by atoms with Crippen LogP contribution >= 0.6 is 11.6 Å². The predicted molar refractivity (Wildman–Crippen MR) is 67.4 cm³/mol. The first-order valence-electron chi connectivity index (χ1n) is 5.46. The van der Waals surface area contributed by atoms with E-state index in [1.54, 1.807) is 6.07 Å². The number of phenols is 1. The first kappa shape index (κ1) is 13.4. The van der Waals surface area contributed by atoms with E-state index in [9.17, 15) is 14.7 Å². The highest BCUT2D eigenvalue weighted by Crippen LogP contribution is 2.30. The summed E-state index contributed by atoms with van der Waals surface area (Å²) in [6.45, 7) is 2.90. The maximum Gasteiger partial charge on any atom is 0.348 e. The smallest absolute Gasteiger partial charge is 0.348 e. The molecule has 1 saturated heterocycles. The summed E-state index contributed by atoms with van der Waals surface area (Å²) < 4.78 is 9.87. The fourth-order valence-electron chi connectivity index (χ4n) is 1.59. The van der Waals surface area contributed by atoms with Crippen LogP contribution in [-0.2, 0) is 19.1 Å². The van der Waals surface area contributed by atoms with Crippen LogP contribution in [0.25, 0.3) is 6.08 Å². The van der Waals surface area contributed by atoms with E-state index in [1.807, 2.05) is 0 Å². The predicted octanol–water partition coefficient (Wildman–Crippen LogP) is 2.27. The Bertz CT molecular complexity index is 546. The zero-order valence-corrected chi connectivity index (χ0v) is 11.0. The van der Waals surface area contributed by atoms with Gasteiger partial charge in [-0.05, 0) is 18.2 Å². The van der Waals surface area contributed by atoms with Gasteiger partial charge in [-0.3, -0.25) is 0 Å². The molecule has 0 atom stereocenters. The van der Waals surface area contributed by atoms with Gasteiger partial charge in [0.05, 0.1) is 5.02 Å². The van der Waals surface area contributed by atoms with Gasteiger partial charge in [0, 0.05) is 19.4 Å². The molecule has 1 N–H and O–H groups in total. The Balaban J connectivity index is 2.44. The quantitative estimate of drug-likeness (QED) is 0.486. The average molecular weight is 283 g/mol. The number of cyclic esters (lactones) is 2. The largest absolute Gasteiger partial charge is 0.507 e. The van der Waals surface area contributed by atoms with Crippen LogP contribution in [0.3, 0.4) is 0 Å². The van der Waals surface area contributed by atoms with E-state index >= 15 is 0 Å². The van der Waals surface area contributed by atoms with Gasteiger partial charge in [0.25, 0.3) is 5.79 Å². The topological polar surface area (TPSA) is 72.8 Å². The summed E-state index contributed by atoms with van der Waals surface area (Å²) in [5, 5.41) is 9.87. The SMILES string of the molecule is CC1(C)OC(=O)C(=Cc2c(O)cccc2Cl)C(=O)O1. The van der Waals surface area contributed by atoms with Crippen LogP contribution in [0.5, 0.6) is 5.75 Å². The maximum absolute atomic E-state index is 11.7. The Hall–Kier alpha value is -2.01. The number of halogens is 1. The molecule has 6 heteroatoms. The van der Waals surface area contributed by atoms with Gasteiger partial charge < -0.3 is 14.6 Å². The van der Waals surface area contributed by atoms with Crippen LogP contribution in [0.15, 0.2) is 23.8 Å². The molecule has 1 aromatic carbocycles. The van der Waals surface area contributed by atoms with E-state index in [0.717, 1.165) is 6.08 Å². The molecule has 0 unspecified atom stereocenters. The molecule has 1 fully saturated rings. The number of aromatic hydroxyl groups is 1. The summed E-state index contributed by atoms with van der Waals surface area (Å²) in [4.78, 5) is 23.5. The molecule has 0 amide bonds. The summed E-state index contributed by atoms with van der Waals surface area (Å²) >= 11 is 5.89. The molecule has 0 bridgehead atoms. The molecule has 1 aromatic rings. The molecule has 0 aliphatic carbocycles. The normalized spacial score (nSPS) is 17.7. The summed E-state index contributed by atoms with van der Waals surface area (Å²) in [6.07, 6.45) is 1.15. The molecule has 0 aromatic heterocycles. The molecule has 1 aliphatic rings. The Morgan fingerprint density at radius 2 is 1.79 bits per heavy atom. The second kappa shape index (κ2) is 4.59. The van der Waals surface area contributed by atoms with Crippen molar-refractivity contribution in [2.45, 2.75) is 19.6 Å². The third-order valence-corrected chi connectivity index (χ3v) is 2.76. The van der Waals surface area contributed by atoms with Crippen molar-refractivity contribution in [3.8, 4) is 5.75 Å². The van der Waals surface area contributed by atoms with Crippen molar-refractivity contribution in [1.29, 1.82) is 0 Å². The first-order chi connectivity index (χ1) is 8.80.